The summed E-state index contributed by atoms with van der Waals surface area (Å²) in [6, 6.07) is 0. The summed E-state index contributed by atoms with van der Waals surface area (Å²) in [6.45, 7) is 13.5. The molecule has 0 N–H and O–H groups in total. The summed E-state index contributed by atoms with van der Waals surface area (Å²) >= 11 is 0. The van der Waals surface area contributed by atoms with Crippen LogP contribution in [-0.4, -0.2) is 25.9 Å². The number of ether oxygens (including phenoxy) is 2. The molecule has 80 valence electrons. The lowest BCUT2D eigenvalue weighted by molar-refractivity contribution is 0.0886. The predicted molar refractivity (Wildman–Crippen MR) is 55.9 cm³/mol. The van der Waals surface area contributed by atoms with Crippen molar-refractivity contribution in [2.24, 2.45) is 11.8 Å². The van der Waals surface area contributed by atoms with E-state index >= 15 is 0 Å². The highest BCUT2D eigenvalue weighted by Gasteiger charge is 2.13. The van der Waals surface area contributed by atoms with Crippen LogP contribution in [0.1, 0.15) is 34.6 Å². The van der Waals surface area contributed by atoms with Gasteiger partial charge in [0.2, 0.25) is 0 Å². The highest BCUT2D eigenvalue weighted by Crippen LogP contribution is 2.04. The standard InChI is InChI=1S/C8H18O.C3H6O/c1-7(2)5-9-6-8(3)4;1-3-2-4-3/h7-8H,5-6H2,1-4H3;3H,2H2,1H3. The lowest BCUT2D eigenvalue weighted by Gasteiger charge is -2.07. The van der Waals surface area contributed by atoms with Gasteiger partial charge in [0.05, 0.1) is 12.7 Å². The van der Waals surface area contributed by atoms with Gasteiger partial charge in [-0.2, -0.15) is 0 Å². The molecule has 0 saturated carbocycles. The largest absolute Gasteiger partial charge is 0.381 e. The van der Waals surface area contributed by atoms with Gasteiger partial charge in [0.15, 0.2) is 0 Å². The van der Waals surface area contributed by atoms with E-state index in [0.717, 1.165) is 19.8 Å². The van der Waals surface area contributed by atoms with Gasteiger partial charge < -0.3 is 9.47 Å². The minimum Gasteiger partial charge on any atom is -0.381 e. The van der Waals surface area contributed by atoms with E-state index in [1.165, 1.54) is 0 Å². The van der Waals surface area contributed by atoms with E-state index in [0.29, 0.717) is 17.9 Å². The molecule has 0 amide bonds. The van der Waals surface area contributed by atoms with Crippen molar-refractivity contribution in [3.05, 3.63) is 0 Å². The monoisotopic (exact) mass is 188 g/mol. The lowest BCUT2D eigenvalue weighted by Crippen LogP contribution is -2.06. The van der Waals surface area contributed by atoms with E-state index in [1.54, 1.807) is 0 Å². The maximum Gasteiger partial charge on any atom is 0.0781 e. The lowest BCUT2D eigenvalue weighted by atomic mass is 10.2. The SMILES string of the molecule is CC(C)COCC(C)C.CC1CO1. The van der Waals surface area contributed by atoms with Gasteiger partial charge in [0.25, 0.3) is 0 Å². The van der Waals surface area contributed by atoms with E-state index in [9.17, 15) is 0 Å². The van der Waals surface area contributed by atoms with Gasteiger partial charge in [0.1, 0.15) is 0 Å². The molecule has 1 unspecified atom stereocenters. The van der Waals surface area contributed by atoms with Crippen LogP contribution in [0, 0.1) is 11.8 Å². The van der Waals surface area contributed by atoms with Crippen LogP contribution in [-0.2, 0) is 9.47 Å². The van der Waals surface area contributed by atoms with Crippen LogP contribution >= 0.6 is 0 Å². The van der Waals surface area contributed by atoms with E-state index < -0.39 is 0 Å². The summed E-state index contributed by atoms with van der Waals surface area (Å²) in [7, 11) is 0. The molecule has 1 heterocycles. The van der Waals surface area contributed by atoms with Crippen molar-refractivity contribution >= 4 is 0 Å². The van der Waals surface area contributed by atoms with E-state index in [1.807, 2.05) is 0 Å². The van der Waals surface area contributed by atoms with Gasteiger partial charge >= 0.3 is 0 Å². The molecule has 0 aromatic heterocycles. The third kappa shape index (κ3) is 14.7. The summed E-state index contributed by atoms with van der Waals surface area (Å²) < 4.78 is 10.1. The first-order valence-corrected chi connectivity index (χ1v) is 5.21. The fourth-order valence-corrected chi connectivity index (χ4v) is 0.636. The Kier molecular flexibility index (Phi) is 7.29. The zero-order chi connectivity index (χ0) is 10.3. The molecular weight excluding hydrogens is 164 g/mol. The second kappa shape index (κ2) is 7.34. The summed E-state index contributed by atoms with van der Waals surface area (Å²) in [5, 5.41) is 0. The highest BCUT2D eigenvalue weighted by atomic mass is 16.6. The summed E-state index contributed by atoms with van der Waals surface area (Å²) in [5.74, 6) is 1.34. The maximum absolute atomic E-state index is 5.36. The number of hydrogen-bond donors (Lipinski definition) is 0. The average Bonchev–Trinajstić information content (AvgIpc) is 2.71. The van der Waals surface area contributed by atoms with Crippen LogP contribution in [0.5, 0.6) is 0 Å². The quantitative estimate of drug-likeness (QED) is 0.633. The molecule has 13 heavy (non-hydrogen) atoms. The topological polar surface area (TPSA) is 21.8 Å². The molecule has 0 radical (unpaired) electrons. The highest BCUT2D eigenvalue weighted by molar-refractivity contribution is 4.58. The van der Waals surface area contributed by atoms with Crippen molar-refractivity contribution in [1.82, 2.24) is 0 Å². The van der Waals surface area contributed by atoms with Crippen LogP contribution in [0.25, 0.3) is 0 Å². The Morgan fingerprint density at radius 3 is 1.62 bits per heavy atom. The predicted octanol–water partition coefficient (Wildman–Crippen LogP) is 2.72. The molecule has 0 spiro atoms. The normalized spacial score (nSPS) is 20.1. The second-order valence-electron chi connectivity index (χ2n) is 4.47. The van der Waals surface area contributed by atoms with Crippen molar-refractivity contribution in [3.8, 4) is 0 Å². The zero-order valence-corrected chi connectivity index (χ0v) is 9.67. The smallest absolute Gasteiger partial charge is 0.0781 e. The molecule has 0 bridgehead atoms. The van der Waals surface area contributed by atoms with Gasteiger partial charge in [-0.3, -0.25) is 0 Å². The maximum atomic E-state index is 5.36. The van der Waals surface area contributed by atoms with Gasteiger partial charge in [-0.05, 0) is 18.8 Å². The first kappa shape index (κ1) is 12.9. The average molecular weight is 188 g/mol. The van der Waals surface area contributed by atoms with Crippen molar-refractivity contribution in [2.45, 2.75) is 40.7 Å². The summed E-state index contributed by atoms with van der Waals surface area (Å²) in [6.07, 6.45) is 0.583. The molecular formula is C11H24O2. The first-order valence-electron chi connectivity index (χ1n) is 5.21. The molecule has 1 aliphatic heterocycles. The molecule has 0 aromatic carbocycles. The van der Waals surface area contributed by atoms with Crippen molar-refractivity contribution in [3.63, 3.8) is 0 Å². The van der Waals surface area contributed by atoms with E-state index in [-0.39, 0.29) is 0 Å². The Balaban J connectivity index is 0.000000293. The van der Waals surface area contributed by atoms with Crippen LogP contribution in [0.4, 0.5) is 0 Å². The molecule has 1 atom stereocenters. The molecule has 0 aromatic rings. The van der Waals surface area contributed by atoms with Crippen molar-refractivity contribution in [1.29, 1.82) is 0 Å². The minimum atomic E-state index is 0.583. The van der Waals surface area contributed by atoms with Crippen LogP contribution < -0.4 is 0 Å². The van der Waals surface area contributed by atoms with Gasteiger partial charge in [-0.25, -0.2) is 0 Å². The fourth-order valence-electron chi connectivity index (χ4n) is 0.636. The zero-order valence-electron chi connectivity index (χ0n) is 9.67. The minimum absolute atomic E-state index is 0.583. The summed E-state index contributed by atoms with van der Waals surface area (Å²) in [4.78, 5) is 0. The third-order valence-electron chi connectivity index (χ3n) is 1.40. The van der Waals surface area contributed by atoms with Crippen molar-refractivity contribution < 1.29 is 9.47 Å². The first-order chi connectivity index (χ1) is 6.02. The van der Waals surface area contributed by atoms with Gasteiger partial charge in [0, 0.05) is 13.2 Å². The molecule has 0 aliphatic carbocycles. The molecule has 1 rings (SSSR count). The van der Waals surface area contributed by atoms with Crippen LogP contribution in [0.2, 0.25) is 0 Å². The molecule has 1 saturated heterocycles. The van der Waals surface area contributed by atoms with E-state index in [2.05, 4.69) is 34.6 Å². The Morgan fingerprint density at radius 2 is 1.46 bits per heavy atom. The fraction of sp³-hybridized carbons (Fsp3) is 1.00. The van der Waals surface area contributed by atoms with Gasteiger partial charge in [-0.1, -0.05) is 27.7 Å². The molecule has 1 fully saturated rings. The van der Waals surface area contributed by atoms with Gasteiger partial charge in [-0.15, -0.1) is 0 Å². The number of rotatable bonds is 4. The molecule has 1 aliphatic rings. The Morgan fingerprint density at radius 1 is 1.15 bits per heavy atom. The van der Waals surface area contributed by atoms with E-state index in [4.69, 9.17) is 9.47 Å². The Labute approximate surface area is 82.6 Å². The summed E-state index contributed by atoms with van der Waals surface area (Å²) in [5.41, 5.74) is 0. The van der Waals surface area contributed by atoms with Crippen LogP contribution in [0.3, 0.4) is 0 Å². The third-order valence-corrected chi connectivity index (χ3v) is 1.40. The molecule has 2 nitrogen and oxygen atoms in total. The number of epoxide rings is 1. The second-order valence-corrected chi connectivity index (χ2v) is 4.47. The Hall–Kier alpha value is -0.0800. The molecule has 2 heteroatoms. The number of hydrogen-bond acceptors (Lipinski definition) is 2. The van der Waals surface area contributed by atoms with Crippen LogP contribution in [0.15, 0.2) is 0 Å². The van der Waals surface area contributed by atoms with Crippen molar-refractivity contribution in [2.75, 3.05) is 19.8 Å². The Bertz CT molecular complexity index is 98.7.